The average Bonchev–Trinajstić information content (AvgIpc) is 2.46. The molecule has 19 heavy (non-hydrogen) atoms. The molecule has 1 aromatic rings. The molecule has 102 valence electrons. The molecule has 0 radical (unpaired) electrons. The molecule has 0 bridgehead atoms. The first-order valence-electron chi connectivity index (χ1n) is 6.26. The van der Waals surface area contributed by atoms with E-state index in [2.05, 4.69) is 0 Å². The van der Waals surface area contributed by atoms with Crippen LogP contribution in [0.25, 0.3) is 0 Å². The van der Waals surface area contributed by atoms with Crippen LogP contribution in [0.2, 0.25) is 0 Å². The summed E-state index contributed by atoms with van der Waals surface area (Å²) >= 11 is 0. The Morgan fingerprint density at radius 1 is 1.32 bits per heavy atom. The molecule has 1 amide bonds. The zero-order chi connectivity index (χ0) is 13.7. The van der Waals surface area contributed by atoms with E-state index in [1.807, 2.05) is 30.3 Å². The Hall–Kier alpha value is -2.11. The van der Waals surface area contributed by atoms with Crippen LogP contribution in [-0.4, -0.2) is 35.0 Å². The van der Waals surface area contributed by atoms with Crippen LogP contribution in [0, 0.1) is 10.1 Å². The van der Waals surface area contributed by atoms with Crippen molar-refractivity contribution in [1.82, 2.24) is 4.90 Å². The zero-order valence-corrected chi connectivity index (χ0v) is 10.5. The smallest absolute Gasteiger partial charge is 0.410 e. The number of piperidine rings is 1. The molecule has 0 aliphatic carbocycles. The minimum atomic E-state index is -0.529. The number of nitrogens with zero attached hydrogens (tertiary/aromatic N) is 2. The lowest BCUT2D eigenvalue weighted by Gasteiger charge is -2.27. The largest absolute Gasteiger partial charge is 0.445 e. The van der Waals surface area contributed by atoms with E-state index in [9.17, 15) is 14.9 Å². The molecular weight excluding hydrogens is 248 g/mol. The highest BCUT2D eigenvalue weighted by atomic mass is 16.6. The third-order valence-electron chi connectivity index (χ3n) is 3.23. The summed E-state index contributed by atoms with van der Waals surface area (Å²) in [6.07, 6.45) is 0.395. The van der Waals surface area contributed by atoms with Gasteiger partial charge in [-0.3, -0.25) is 10.1 Å². The maximum absolute atomic E-state index is 11.8. The van der Waals surface area contributed by atoms with Gasteiger partial charge in [-0.1, -0.05) is 30.3 Å². The van der Waals surface area contributed by atoms with Crippen molar-refractivity contribution in [2.24, 2.45) is 0 Å². The number of benzene rings is 1. The van der Waals surface area contributed by atoms with Crippen LogP contribution in [-0.2, 0) is 11.3 Å². The highest BCUT2D eigenvalue weighted by Crippen LogP contribution is 2.14. The SMILES string of the molecule is O=C(OCc1ccccc1)N1CCC([N+](=O)[O-])CC1. The van der Waals surface area contributed by atoms with Gasteiger partial charge in [0.2, 0.25) is 6.04 Å². The molecule has 0 saturated carbocycles. The summed E-state index contributed by atoms with van der Waals surface area (Å²) in [5, 5.41) is 10.6. The van der Waals surface area contributed by atoms with Crippen LogP contribution in [0.4, 0.5) is 4.79 Å². The number of amides is 1. The second-order valence-electron chi connectivity index (χ2n) is 4.54. The summed E-state index contributed by atoms with van der Waals surface area (Å²) in [4.78, 5) is 23.7. The van der Waals surface area contributed by atoms with Gasteiger partial charge in [-0.15, -0.1) is 0 Å². The second-order valence-corrected chi connectivity index (χ2v) is 4.54. The van der Waals surface area contributed by atoms with Gasteiger partial charge in [0.15, 0.2) is 0 Å². The minimum Gasteiger partial charge on any atom is -0.445 e. The molecule has 1 heterocycles. The van der Waals surface area contributed by atoms with E-state index in [4.69, 9.17) is 4.74 Å². The van der Waals surface area contributed by atoms with E-state index in [0.717, 1.165) is 5.56 Å². The number of hydrogen-bond donors (Lipinski definition) is 0. The lowest BCUT2D eigenvalue weighted by molar-refractivity contribution is -0.526. The topological polar surface area (TPSA) is 72.7 Å². The van der Waals surface area contributed by atoms with Crippen molar-refractivity contribution in [3.63, 3.8) is 0 Å². The Bertz CT molecular complexity index is 441. The van der Waals surface area contributed by atoms with Crippen LogP contribution in [0.15, 0.2) is 30.3 Å². The van der Waals surface area contributed by atoms with Crippen molar-refractivity contribution < 1.29 is 14.5 Å². The Balaban J connectivity index is 1.77. The Kier molecular flexibility index (Phi) is 4.33. The number of likely N-dealkylation sites (tertiary alicyclic amines) is 1. The first-order valence-corrected chi connectivity index (χ1v) is 6.26. The zero-order valence-electron chi connectivity index (χ0n) is 10.5. The predicted octanol–water partition coefficient (Wildman–Crippen LogP) is 2.06. The average molecular weight is 264 g/mol. The van der Waals surface area contributed by atoms with Gasteiger partial charge in [-0.05, 0) is 5.56 Å². The molecule has 6 nitrogen and oxygen atoms in total. The summed E-state index contributed by atoms with van der Waals surface area (Å²) in [5.74, 6) is 0. The molecule has 0 N–H and O–H groups in total. The number of nitro groups is 1. The van der Waals surface area contributed by atoms with Gasteiger partial charge in [-0.2, -0.15) is 0 Å². The standard InChI is InChI=1S/C13H16N2O4/c16-13(19-10-11-4-2-1-3-5-11)14-8-6-12(7-9-14)15(17)18/h1-5,12H,6-10H2. The molecule has 1 fully saturated rings. The predicted molar refractivity (Wildman–Crippen MR) is 68.2 cm³/mol. The third-order valence-corrected chi connectivity index (χ3v) is 3.23. The monoisotopic (exact) mass is 264 g/mol. The van der Waals surface area contributed by atoms with Gasteiger partial charge in [0.05, 0.1) is 0 Å². The van der Waals surface area contributed by atoms with Crippen LogP contribution in [0.3, 0.4) is 0 Å². The molecule has 6 heteroatoms. The first kappa shape index (κ1) is 13.3. The summed E-state index contributed by atoms with van der Waals surface area (Å²) in [6.45, 7) is 1.01. The van der Waals surface area contributed by atoms with Gasteiger partial charge in [-0.25, -0.2) is 4.79 Å². The van der Waals surface area contributed by atoms with Crippen LogP contribution in [0.1, 0.15) is 18.4 Å². The van der Waals surface area contributed by atoms with E-state index < -0.39 is 12.1 Å². The van der Waals surface area contributed by atoms with Crippen LogP contribution < -0.4 is 0 Å². The molecule has 0 unspecified atom stereocenters. The molecule has 1 saturated heterocycles. The quantitative estimate of drug-likeness (QED) is 0.618. The lowest BCUT2D eigenvalue weighted by Crippen LogP contribution is -2.42. The number of hydrogen-bond acceptors (Lipinski definition) is 4. The number of rotatable bonds is 3. The molecular formula is C13H16N2O4. The molecule has 0 aromatic heterocycles. The molecule has 1 aromatic carbocycles. The van der Waals surface area contributed by atoms with Crippen LogP contribution >= 0.6 is 0 Å². The van der Waals surface area contributed by atoms with E-state index in [-0.39, 0.29) is 11.5 Å². The third kappa shape index (κ3) is 3.67. The number of carbonyl (C=O) groups excluding carboxylic acids is 1. The van der Waals surface area contributed by atoms with Crippen molar-refractivity contribution in [2.45, 2.75) is 25.5 Å². The van der Waals surface area contributed by atoms with Gasteiger partial charge in [0, 0.05) is 30.9 Å². The van der Waals surface area contributed by atoms with E-state index in [1.165, 1.54) is 4.90 Å². The number of carbonyl (C=O) groups is 1. The summed E-state index contributed by atoms with van der Waals surface area (Å²) in [6, 6.07) is 8.89. The normalized spacial score (nSPS) is 16.1. The molecule has 1 aliphatic heterocycles. The van der Waals surface area contributed by atoms with Crippen molar-refractivity contribution in [2.75, 3.05) is 13.1 Å². The van der Waals surface area contributed by atoms with Crippen LogP contribution in [0.5, 0.6) is 0 Å². The molecule has 1 aliphatic rings. The maximum Gasteiger partial charge on any atom is 0.410 e. The molecule has 0 spiro atoms. The van der Waals surface area contributed by atoms with Gasteiger partial charge >= 0.3 is 6.09 Å². The maximum atomic E-state index is 11.8. The van der Waals surface area contributed by atoms with Crippen molar-refractivity contribution in [3.8, 4) is 0 Å². The van der Waals surface area contributed by atoms with Gasteiger partial charge < -0.3 is 9.64 Å². The van der Waals surface area contributed by atoms with Gasteiger partial charge in [0.25, 0.3) is 0 Å². The Labute approximate surface area is 111 Å². The van der Waals surface area contributed by atoms with E-state index in [1.54, 1.807) is 0 Å². The van der Waals surface area contributed by atoms with Gasteiger partial charge in [0.1, 0.15) is 6.61 Å². The molecule has 0 atom stereocenters. The summed E-state index contributed by atoms with van der Waals surface area (Å²) in [5.41, 5.74) is 0.927. The highest BCUT2D eigenvalue weighted by molar-refractivity contribution is 5.67. The summed E-state index contributed by atoms with van der Waals surface area (Å²) in [7, 11) is 0. The fourth-order valence-corrected chi connectivity index (χ4v) is 2.07. The van der Waals surface area contributed by atoms with Crippen molar-refractivity contribution >= 4 is 6.09 Å². The second kappa shape index (κ2) is 6.17. The summed E-state index contributed by atoms with van der Waals surface area (Å²) < 4.78 is 5.18. The van der Waals surface area contributed by atoms with E-state index >= 15 is 0 Å². The Morgan fingerprint density at radius 2 is 1.95 bits per heavy atom. The highest BCUT2D eigenvalue weighted by Gasteiger charge is 2.29. The molecule has 2 rings (SSSR count). The fraction of sp³-hybridized carbons (Fsp3) is 0.462. The lowest BCUT2D eigenvalue weighted by atomic mass is 10.1. The minimum absolute atomic E-state index is 0.231. The van der Waals surface area contributed by atoms with E-state index in [0.29, 0.717) is 25.9 Å². The fourth-order valence-electron chi connectivity index (χ4n) is 2.07. The van der Waals surface area contributed by atoms with Crippen molar-refractivity contribution in [3.05, 3.63) is 46.0 Å². The first-order chi connectivity index (χ1) is 9.16. The van der Waals surface area contributed by atoms with Crippen molar-refractivity contribution in [1.29, 1.82) is 0 Å². The number of ether oxygens (including phenoxy) is 1. The Morgan fingerprint density at radius 3 is 2.53 bits per heavy atom.